The Hall–Kier alpha value is -0.630. The first-order chi connectivity index (χ1) is 13.6. The van der Waals surface area contributed by atoms with Crippen molar-refractivity contribution < 1.29 is 4.74 Å². The van der Waals surface area contributed by atoms with Crippen LogP contribution in [0.5, 0.6) is 0 Å². The van der Waals surface area contributed by atoms with Gasteiger partial charge in [-0.05, 0) is 122 Å². The summed E-state index contributed by atoms with van der Waals surface area (Å²) in [5, 5.41) is 9.14. The van der Waals surface area contributed by atoms with Crippen molar-refractivity contribution in [3.8, 4) is 6.07 Å². The first-order valence-electron chi connectivity index (χ1n) is 12.0. The van der Waals surface area contributed by atoms with Crippen molar-refractivity contribution in [3.63, 3.8) is 0 Å². The second-order valence-electron chi connectivity index (χ2n) is 12.3. The van der Waals surface area contributed by atoms with Gasteiger partial charge in [0.15, 0.2) is 0 Å². The van der Waals surface area contributed by atoms with E-state index in [0.717, 1.165) is 12.8 Å². The maximum atomic E-state index is 9.14. The van der Waals surface area contributed by atoms with E-state index >= 15 is 0 Å². The summed E-state index contributed by atoms with van der Waals surface area (Å²) in [5.74, 6) is 0.339. The molecule has 0 aromatic heterocycles. The zero-order chi connectivity index (χ0) is 20.9. The average molecular weight is 402 g/mol. The predicted molar refractivity (Wildman–Crippen MR) is 118 cm³/mol. The molecule has 0 bridgehead atoms. The van der Waals surface area contributed by atoms with Crippen LogP contribution in [-0.4, -0.2) is 60.3 Å². The molecule has 4 fully saturated rings. The predicted octanol–water partition coefficient (Wildman–Crippen LogP) is 4.84. The molecule has 2 aliphatic heterocycles. The number of rotatable bonds is 5. The van der Waals surface area contributed by atoms with E-state index in [1.807, 2.05) is 7.11 Å². The van der Waals surface area contributed by atoms with Gasteiger partial charge >= 0.3 is 0 Å². The molecule has 0 unspecified atom stereocenters. The van der Waals surface area contributed by atoms with Gasteiger partial charge in [-0.2, -0.15) is 5.26 Å². The minimum absolute atomic E-state index is 0.232. The van der Waals surface area contributed by atoms with E-state index < -0.39 is 0 Å². The number of likely N-dealkylation sites (tertiary alicyclic amines) is 2. The lowest BCUT2D eigenvalue weighted by Crippen LogP contribution is -2.59. The van der Waals surface area contributed by atoms with E-state index in [1.54, 1.807) is 0 Å². The molecule has 4 rings (SSSR count). The zero-order valence-corrected chi connectivity index (χ0v) is 19.6. The highest BCUT2D eigenvalue weighted by atomic mass is 16.5. The smallest absolute Gasteiger partial charge is 0.0656 e. The van der Waals surface area contributed by atoms with Crippen molar-refractivity contribution in [2.24, 2.45) is 16.7 Å². The molecule has 164 valence electrons. The quantitative estimate of drug-likeness (QED) is 0.661. The lowest BCUT2D eigenvalue weighted by molar-refractivity contribution is -0.103. The summed E-state index contributed by atoms with van der Waals surface area (Å²) in [6, 6.07) is 2.48. The van der Waals surface area contributed by atoms with Gasteiger partial charge in [0.05, 0.1) is 12.2 Å². The van der Waals surface area contributed by atoms with Gasteiger partial charge in [0, 0.05) is 24.1 Å². The van der Waals surface area contributed by atoms with Gasteiger partial charge in [-0.1, -0.05) is 0 Å². The minimum atomic E-state index is 0.232. The van der Waals surface area contributed by atoms with Crippen molar-refractivity contribution in [3.05, 3.63) is 0 Å². The molecule has 0 aromatic carbocycles. The Morgan fingerprint density at radius 2 is 1.24 bits per heavy atom. The molecule has 0 radical (unpaired) electrons. The number of nitrogens with zero attached hydrogens (tertiary/aromatic N) is 3. The molecule has 0 aromatic rings. The van der Waals surface area contributed by atoms with Gasteiger partial charge in [-0.3, -0.25) is 9.80 Å². The van der Waals surface area contributed by atoms with E-state index in [9.17, 15) is 0 Å². The number of ether oxygens (including phenoxy) is 1. The number of methoxy groups -OCH3 is 1. The first-order valence-corrected chi connectivity index (χ1v) is 12.0. The fourth-order valence-electron chi connectivity index (χ4n) is 7.42. The van der Waals surface area contributed by atoms with Gasteiger partial charge in [0.1, 0.15) is 0 Å². The summed E-state index contributed by atoms with van der Waals surface area (Å²) in [4.78, 5) is 5.52. The van der Waals surface area contributed by atoms with Gasteiger partial charge in [0.25, 0.3) is 0 Å². The number of hydrogen-bond donors (Lipinski definition) is 0. The molecule has 0 atom stereocenters. The largest absolute Gasteiger partial charge is 0.381 e. The molecule has 4 heteroatoms. The second-order valence-corrected chi connectivity index (χ2v) is 12.3. The van der Waals surface area contributed by atoms with Crippen molar-refractivity contribution in [1.29, 1.82) is 5.26 Å². The van der Waals surface area contributed by atoms with Gasteiger partial charge in [0.2, 0.25) is 0 Å². The van der Waals surface area contributed by atoms with Crippen LogP contribution in [0.1, 0.15) is 85.5 Å². The molecule has 2 aliphatic carbocycles. The standard InChI is InChI=1S/C25H43N3O/c1-22(2,27-10-6-24(7-11-27)14-20(15-24)18-26)19-23(3,4)28-12-8-25(9-13-28)16-21(17-25)29-5/h20-21H,6-17,19H2,1-5H3. The molecular formula is C25H43N3O. The lowest BCUT2D eigenvalue weighted by Gasteiger charge is -2.57. The zero-order valence-electron chi connectivity index (χ0n) is 19.6. The SMILES string of the molecule is COC1CC2(CCN(C(C)(C)CC(C)(C)N3CCC4(CC3)CC(C#N)C4)CC2)C1. The summed E-state index contributed by atoms with van der Waals surface area (Å²) < 4.78 is 5.54. The Bertz CT molecular complexity index is 617. The van der Waals surface area contributed by atoms with Crippen LogP contribution < -0.4 is 0 Å². The van der Waals surface area contributed by atoms with E-state index in [0.29, 0.717) is 22.9 Å². The van der Waals surface area contributed by atoms with Gasteiger partial charge in [-0.25, -0.2) is 0 Å². The third kappa shape index (κ3) is 4.12. The lowest BCUT2D eigenvalue weighted by atomic mass is 9.57. The third-order valence-electron chi connectivity index (χ3n) is 9.42. The van der Waals surface area contributed by atoms with E-state index in [4.69, 9.17) is 10.00 Å². The monoisotopic (exact) mass is 401 g/mol. The molecule has 2 heterocycles. The van der Waals surface area contributed by atoms with Crippen LogP contribution in [0.3, 0.4) is 0 Å². The van der Waals surface area contributed by atoms with Crippen LogP contribution in [0, 0.1) is 28.1 Å². The maximum Gasteiger partial charge on any atom is 0.0656 e. The fraction of sp³-hybridized carbons (Fsp3) is 0.960. The van der Waals surface area contributed by atoms with Crippen molar-refractivity contribution in [1.82, 2.24) is 9.80 Å². The highest BCUT2D eigenvalue weighted by Crippen LogP contribution is 2.54. The Morgan fingerprint density at radius 3 is 1.62 bits per heavy atom. The highest BCUT2D eigenvalue weighted by molar-refractivity contribution is 5.06. The molecule has 0 N–H and O–H groups in total. The minimum Gasteiger partial charge on any atom is -0.381 e. The molecular weight excluding hydrogens is 358 g/mol. The summed E-state index contributed by atoms with van der Waals surface area (Å²) >= 11 is 0. The van der Waals surface area contributed by atoms with Crippen molar-refractivity contribution in [2.45, 2.75) is 103 Å². The second kappa shape index (κ2) is 7.50. The van der Waals surface area contributed by atoms with Crippen LogP contribution in [0.25, 0.3) is 0 Å². The molecule has 2 saturated carbocycles. The van der Waals surface area contributed by atoms with Crippen LogP contribution in [0.15, 0.2) is 0 Å². The Balaban J connectivity index is 1.28. The van der Waals surface area contributed by atoms with E-state index in [1.165, 1.54) is 71.1 Å². The molecule has 2 spiro atoms. The third-order valence-corrected chi connectivity index (χ3v) is 9.42. The Labute approximate surface area is 179 Å². The van der Waals surface area contributed by atoms with E-state index in [-0.39, 0.29) is 11.1 Å². The van der Waals surface area contributed by atoms with Crippen LogP contribution in [0.2, 0.25) is 0 Å². The molecule has 4 nitrogen and oxygen atoms in total. The van der Waals surface area contributed by atoms with Crippen LogP contribution in [-0.2, 0) is 4.74 Å². The molecule has 0 amide bonds. The number of piperidine rings is 2. The molecule has 2 saturated heterocycles. The maximum absolute atomic E-state index is 9.14. The summed E-state index contributed by atoms with van der Waals surface area (Å²) in [6.07, 6.45) is 11.9. The first kappa shape index (κ1) is 21.6. The highest BCUT2D eigenvalue weighted by Gasteiger charge is 2.50. The summed E-state index contributed by atoms with van der Waals surface area (Å²) in [5.41, 5.74) is 1.57. The molecule has 29 heavy (non-hydrogen) atoms. The Kier molecular flexibility index (Phi) is 5.59. The molecule has 4 aliphatic rings. The van der Waals surface area contributed by atoms with Crippen molar-refractivity contribution >= 4 is 0 Å². The van der Waals surface area contributed by atoms with E-state index in [2.05, 4.69) is 43.6 Å². The van der Waals surface area contributed by atoms with Gasteiger partial charge in [-0.15, -0.1) is 0 Å². The number of hydrogen-bond acceptors (Lipinski definition) is 4. The average Bonchev–Trinajstić information content (AvgIpc) is 2.63. The topological polar surface area (TPSA) is 39.5 Å². The van der Waals surface area contributed by atoms with Crippen LogP contribution >= 0.6 is 0 Å². The van der Waals surface area contributed by atoms with Gasteiger partial charge < -0.3 is 4.74 Å². The normalized spacial score (nSPS) is 28.8. The fourth-order valence-corrected chi connectivity index (χ4v) is 7.42. The van der Waals surface area contributed by atoms with Crippen molar-refractivity contribution in [2.75, 3.05) is 33.3 Å². The number of nitriles is 1. The summed E-state index contributed by atoms with van der Waals surface area (Å²) in [6.45, 7) is 14.8. The Morgan fingerprint density at radius 1 is 0.828 bits per heavy atom. The summed E-state index contributed by atoms with van der Waals surface area (Å²) in [7, 11) is 1.87. The van der Waals surface area contributed by atoms with Crippen LogP contribution in [0.4, 0.5) is 0 Å².